The van der Waals surface area contributed by atoms with Gasteiger partial charge in [0.2, 0.25) is 0 Å². The van der Waals surface area contributed by atoms with Crippen LogP contribution in [0.25, 0.3) is 0 Å². The number of aromatic nitrogens is 2. The molecule has 0 radical (unpaired) electrons. The normalized spacial score (nSPS) is 14.4. The molecule has 0 bridgehead atoms. The number of hydrogen-bond donors (Lipinski definition) is 1. The van der Waals surface area contributed by atoms with E-state index in [4.69, 9.17) is 0 Å². The fourth-order valence-electron chi connectivity index (χ4n) is 2.61. The van der Waals surface area contributed by atoms with Crippen LogP contribution in [0.15, 0.2) is 42.7 Å². The summed E-state index contributed by atoms with van der Waals surface area (Å²) < 4.78 is 1.80. The summed E-state index contributed by atoms with van der Waals surface area (Å²) in [6.07, 6.45) is 4.31. The molecule has 2 atom stereocenters. The zero-order chi connectivity index (χ0) is 14.5. The first kappa shape index (κ1) is 14.8. The molecule has 1 aromatic carbocycles. The van der Waals surface area contributed by atoms with Gasteiger partial charge in [-0.1, -0.05) is 37.3 Å². The van der Waals surface area contributed by atoms with Crippen LogP contribution in [0.3, 0.4) is 0 Å². The van der Waals surface area contributed by atoms with Gasteiger partial charge in [0.1, 0.15) is 0 Å². The SMILES string of the molecule is CCC(C(O)c1ccccc1)N(C)Cc1cnn(C)c1. The van der Waals surface area contributed by atoms with Crippen molar-refractivity contribution in [2.24, 2.45) is 7.05 Å². The Kier molecular flexibility index (Phi) is 4.93. The number of likely N-dealkylation sites (N-methyl/N-ethyl adjacent to an activating group) is 1. The lowest BCUT2D eigenvalue weighted by Crippen LogP contribution is -2.35. The lowest BCUT2D eigenvalue weighted by atomic mass is 9.99. The minimum atomic E-state index is -0.470. The van der Waals surface area contributed by atoms with Gasteiger partial charge in [0.25, 0.3) is 0 Å². The Bertz CT molecular complexity index is 524. The summed E-state index contributed by atoms with van der Waals surface area (Å²) in [5.41, 5.74) is 2.13. The van der Waals surface area contributed by atoms with E-state index in [9.17, 15) is 5.11 Å². The molecule has 0 spiro atoms. The number of aryl methyl sites for hydroxylation is 1. The van der Waals surface area contributed by atoms with Gasteiger partial charge in [-0.3, -0.25) is 9.58 Å². The number of aliphatic hydroxyl groups is 1. The molecule has 0 saturated heterocycles. The monoisotopic (exact) mass is 273 g/mol. The summed E-state index contributed by atoms with van der Waals surface area (Å²) >= 11 is 0. The molecule has 1 aromatic heterocycles. The molecule has 2 unspecified atom stereocenters. The molecule has 20 heavy (non-hydrogen) atoms. The number of nitrogens with zero attached hydrogens (tertiary/aromatic N) is 3. The molecule has 0 amide bonds. The van der Waals surface area contributed by atoms with Crippen molar-refractivity contribution in [3.8, 4) is 0 Å². The van der Waals surface area contributed by atoms with Gasteiger partial charge in [-0.15, -0.1) is 0 Å². The van der Waals surface area contributed by atoms with Crippen LogP contribution in [0.2, 0.25) is 0 Å². The van der Waals surface area contributed by atoms with Crippen molar-refractivity contribution in [1.29, 1.82) is 0 Å². The quantitative estimate of drug-likeness (QED) is 0.878. The second-order valence-electron chi connectivity index (χ2n) is 5.27. The van der Waals surface area contributed by atoms with Crippen LogP contribution in [0.5, 0.6) is 0 Å². The van der Waals surface area contributed by atoms with Crippen molar-refractivity contribution in [3.05, 3.63) is 53.9 Å². The third kappa shape index (κ3) is 3.46. The maximum atomic E-state index is 10.6. The largest absolute Gasteiger partial charge is 0.387 e. The second kappa shape index (κ2) is 6.68. The summed E-state index contributed by atoms with van der Waals surface area (Å²) in [4.78, 5) is 2.19. The van der Waals surface area contributed by atoms with Gasteiger partial charge >= 0.3 is 0 Å². The number of benzene rings is 1. The lowest BCUT2D eigenvalue weighted by Gasteiger charge is -2.31. The number of hydrogen-bond acceptors (Lipinski definition) is 3. The molecule has 0 fully saturated rings. The summed E-state index contributed by atoms with van der Waals surface area (Å²) in [5.74, 6) is 0. The van der Waals surface area contributed by atoms with Gasteiger partial charge in [-0.2, -0.15) is 5.10 Å². The van der Waals surface area contributed by atoms with Crippen molar-refractivity contribution in [3.63, 3.8) is 0 Å². The number of rotatable bonds is 6. The minimum Gasteiger partial charge on any atom is -0.387 e. The molecule has 1 heterocycles. The van der Waals surface area contributed by atoms with Gasteiger partial charge in [-0.25, -0.2) is 0 Å². The standard InChI is InChI=1S/C16H23N3O/c1-4-15(16(20)14-8-6-5-7-9-14)18(2)11-13-10-17-19(3)12-13/h5-10,12,15-16,20H,4,11H2,1-3H3. The fraction of sp³-hybridized carbons (Fsp3) is 0.438. The molecule has 0 saturated carbocycles. The third-order valence-electron chi connectivity index (χ3n) is 3.68. The van der Waals surface area contributed by atoms with Crippen molar-refractivity contribution in [2.45, 2.75) is 32.0 Å². The smallest absolute Gasteiger partial charge is 0.0945 e. The first-order valence-corrected chi connectivity index (χ1v) is 7.02. The van der Waals surface area contributed by atoms with Crippen LogP contribution in [0.4, 0.5) is 0 Å². The molecule has 0 aliphatic heterocycles. The zero-order valence-electron chi connectivity index (χ0n) is 12.4. The van der Waals surface area contributed by atoms with E-state index in [0.717, 1.165) is 24.1 Å². The Hall–Kier alpha value is -1.65. The van der Waals surface area contributed by atoms with Crippen LogP contribution in [0, 0.1) is 0 Å². The minimum absolute atomic E-state index is 0.0950. The molecule has 4 nitrogen and oxygen atoms in total. The van der Waals surface area contributed by atoms with Gasteiger partial charge in [0.05, 0.1) is 12.3 Å². The van der Waals surface area contributed by atoms with Crippen LogP contribution >= 0.6 is 0 Å². The van der Waals surface area contributed by atoms with E-state index in [1.807, 2.05) is 56.8 Å². The Morgan fingerprint density at radius 1 is 1.30 bits per heavy atom. The molecule has 0 aliphatic rings. The average Bonchev–Trinajstić information content (AvgIpc) is 2.85. The molecule has 108 valence electrons. The molecule has 4 heteroatoms. The third-order valence-corrected chi connectivity index (χ3v) is 3.68. The van der Waals surface area contributed by atoms with Gasteiger partial charge in [0.15, 0.2) is 0 Å². The van der Waals surface area contributed by atoms with E-state index in [-0.39, 0.29) is 6.04 Å². The van der Waals surface area contributed by atoms with Gasteiger partial charge in [-0.05, 0) is 19.0 Å². The summed E-state index contributed by atoms with van der Waals surface area (Å²) in [6, 6.07) is 9.95. The number of aliphatic hydroxyl groups excluding tert-OH is 1. The molecular weight excluding hydrogens is 250 g/mol. The Balaban J connectivity index is 2.07. The molecule has 1 N–H and O–H groups in total. The highest BCUT2D eigenvalue weighted by Crippen LogP contribution is 2.23. The topological polar surface area (TPSA) is 41.3 Å². The van der Waals surface area contributed by atoms with Crippen LogP contribution in [0.1, 0.15) is 30.6 Å². The first-order chi connectivity index (χ1) is 9.61. The highest BCUT2D eigenvalue weighted by molar-refractivity contribution is 5.19. The van der Waals surface area contributed by atoms with Gasteiger partial charge < -0.3 is 5.11 Å². The first-order valence-electron chi connectivity index (χ1n) is 7.02. The molecular formula is C16H23N3O. The van der Waals surface area contributed by atoms with E-state index in [1.165, 1.54) is 0 Å². The summed E-state index contributed by atoms with van der Waals surface area (Å²) in [7, 11) is 3.97. The van der Waals surface area contributed by atoms with Crippen molar-refractivity contribution in [2.75, 3.05) is 7.05 Å². The maximum absolute atomic E-state index is 10.6. The fourth-order valence-corrected chi connectivity index (χ4v) is 2.61. The average molecular weight is 273 g/mol. The predicted molar refractivity (Wildman–Crippen MR) is 80.2 cm³/mol. The summed E-state index contributed by atoms with van der Waals surface area (Å²) in [6.45, 7) is 2.90. The Morgan fingerprint density at radius 2 is 2.00 bits per heavy atom. The highest BCUT2D eigenvalue weighted by atomic mass is 16.3. The second-order valence-corrected chi connectivity index (χ2v) is 5.27. The van der Waals surface area contributed by atoms with Crippen molar-refractivity contribution >= 4 is 0 Å². The van der Waals surface area contributed by atoms with Crippen LogP contribution < -0.4 is 0 Å². The maximum Gasteiger partial charge on any atom is 0.0945 e. The van der Waals surface area contributed by atoms with Crippen LogP contribution in [-0.2, 0) is 13.6 Å². The Morgan fingerprint density at radius 3 is 2.55 bits per heavy atom. The zero-order valence-corrected chi connectivity index (χ0v) is 12.4. The van der Waals surface area contributed by atoms with Crippen molar-refractivity contribution in [1.82, 2.24) is 14.7 Å². The molecule has 2 rings (SSSR count). The van der Waals surface area contributed by atoms with E-state index in [0.29, 0.717) is 0 Å². The predicted octanol–water partition coefficient (Wildman–Crippen LogP) is 2.36. The van der Waals surface area contributed by atoms with E-state index < -0.39 is 6.10 Å². The highest BCUT2D eigenvalue weighted by Gasteiger charge is 2.23. The molecule has 2 aromatic rings. The van der Waals surface area contributed by atoms with Gasteiger partial charge in [0, 0.05) is 31.4 Å². The lowest BCUT2D eigenvalue weighted by molar-refractivity contribution is 0.0563. The van der Waals surface area contributed by atoms with Crippen LogP contribution in [-0.4, -0.2) is 32.9 Å². The van der Waals surface area contributed by atoms with E-state index in [1.54, 1.807) is 4.68 Å². The summed E-state index contributed by atoms with van der Waals surface area (Å²) in [5, 5.41) is 14.8. The van der Waals surface area contributed by atoms with E-state index >= 15 is 0 Å². The Labute approximate surface area is 120 Å². The molecule has 0 aliphatic carbocycles. The van der Waals surface area contributed by atoms with E-state index in [2.05, 4.69) is 16.9 Å². The van der Waals surface area contributed by atoms with Crippen molar-refractivity contribution < 1.29 is 5.11 Å².